The van der Waals surface area contributed by atoms with Crippen LogP contribution in [0.4, 0.5) is 0 Å². The predicted octanol–water partition coefficient (Wildman–Crippen LogP) is 3.00. The first-order valence-electron chi connectivity index (χ1n) is 7.16. The summed E-state index contributed by atoms with van der Waals surface area (Å²) in [5.41, 5.74) is 5.78. The summed E-state index contributed by atoms with van der Waals surface area (Å²) in [4.78, 5) is 15.9. The molecule has 1 amide bonds. The Morgan fingerprint density at radius 1 is 1.63 bits per heavy atom. The molecule has 1 aromatic rings. The van der Waals surface area contributed by atoms with E-state index in [1.165, 1.54) is 11.3 Å². The van der Waals surface area contributed by atoms with Crippen molar-refractivity contribution in [2.75, 3.05) is 6.54 Å². The molecule has 1 aromatic heterocycles. The molecular weight excluding hydrogens is 256 g/mol. The molecule has 2 unspecified atom stereocenters. The normalized spacial score (nSPS) is 27.2. The van der Waals surface area contributed by atoms with Gasteiger partial charge in [0.2, 0.25) is 5.91 Å². The lowest BCUT2D eigenvalue weighted by Crippen LogP contribution is -2.57. The molecular formula is C15H24N2OS. The lowest BCUT2D eigenvalue weighted by molar-refractivity contribution is -0.139. The Morgan fingerprint density at radius 3 is 3.00 bits per heavy atom. The largest absolute Gasteiger partial charge is 0.336 e. The van der Waals surface area contributed by atoms with E-state index in [2.05, 4.69) is 18.4 Å². The molecule has 19 heavy (non-hydrogen) atoms. The Bertz CT molecular complexity index is 418. The summed E-state index contributed by atoms with van der Waals surface area (Å²) in [7, 11) is 0. The predicted molar refractivity (Wildman–Crippen MR) is 80.0 cm³/mol. The molecule has 4 heteroatoms. The van der Waals surface area contributed by atoms with Crippen molar-refractivity contribution in [1.29, 1.82) is 0 Å². The van der Waals surface area contributed by atoms with Gasteiger partial charge in [0.15, 0.2) is 0 Å². The van der Waals surface area contributed by atoms with Gasteiger partial charge in [-0.15, -0.1) is 11.3 Å². The monoisotopic (exact) mass is 280 g/mol. The number of carbonyl (C=O) groups excluding carboxylic acids is 1. The molecule has 0 bridgehead atoms. The van der Waals surface area contributed by atoms with Crippen molar-refractivity contribution in [2.24, 2.45) is 11.7 Å². The fourth-order valence-corrected chi connectivity index (χ4v) is 3.74. The number of hydrogen-bond acceptors (Lipinski definition) is 3. The highest BCUT2D eigenvalue weighted by Crippen LogP contribution is 2.32. The van der Waals surface area contributed by atoms with Gasteiger partial charge in [0, 0.05) is 11.4 Å². The zero-order chi connectivity index (χ0) is 13.9. The number of rotatable bonds is 4. The van der Waals surface area contributed by atoms with Gasteiger partial charge in [0.25, 0.3) is 0 Å². The third-order valence-electron chi connectivity index (χ3n) is 4.05. The third kappa shape index (κ3) is 3.37. The molecule has 1 fully saturated rings. The summed E-state index contributed by atoms with van der Waals surface area (Å²) in [5.74, 6) is 0.693. The zero-order valence-electron chi connectivity index (χ0n) is 11.9. The van der Waals surface area contributed by atoms with Crippen LogP contribution in [0.5, 0.6) is 0 Å². The van der Waals surface area contributed by atoms with E-state index in [0.29, 0.717) is 12.5 Å². The maximum atomic E-state index is 12.7. The SMILES string of the molecule is CCN(Cc1cccs1)C(=O)C1(N)CCCC(C)C1. The first-order chi connectivity index (χ1) is 9.05. The van der Waals surface area contributed by atoms with Crippen LogP contribution in [0.3, 0.4) is 0 Å². The molecule has 0 aliphatic heterocycles. The van der Waals surface area contributed by atoms with Crippen molar-refractivity contribution in [3.8, 4) is 0 Å². The summed E-state index contributed by atoms with van der Waals surface area (Å²) in [6.45, 7) is 5.65. The Labute approximate surface area is 119 Å². The van der Waals surface area contributed by atoms with Crippen LogP contribution in [-0.2, 0) is 11.3 Å². The molecule has 1 heterocycles. The van der Waals surface area contributed by atoms with E-state index >= 15 is 0 Å². The van der Waals surface area contributed by atoms with E-state index in [1.807, 2.05) is 17.9 Å². The van der Waals surface area contributed by atoms with Crippen LogP contribution in [-0.4, -0.2) is 22.9 Å². The molecule has 2 rings (SSSR count). The molecule has 106 valence electrons. The Hall–Kier alpha value is -0.870. The van der Waals surface area contributed by atoms with E-state index in [9.17, 15) is 4.79 Å². The third-order valence-corrected chi connectivity index (χ3v) is 4.92. The molecule has 0 aromatic carbocycles. The summed E-state index contributed by atoms with van der Waals surface area (Å²) in [6.07, 6.45) is 3.92. The molecule has 0 radical (unpaired) electrons. The molecule has 0 spiro atoms. The second kappa shape index (κ2) is 6.06. The summed E-state index contributed by atoms with van der Waals surface area (Å²) in [6, 6.07) is 4.10. The lowest BCUT2D eigenvalue weighted by atomic mass is 9.76. The minimum atomic E-state index is -0.634. The van der Waals surface area contributed by atoms with Gasteiger partial charge in [0.1, 0.15) is 0 Å². The molecule has 0 saturated heterocycles. The average molecular weight is 280 g/mol. The maximum Gasteiger partial charge on any atom is 0.242 e. The van der Waals surface area contributed by atoms with Gasteiger partial charge in [0.05, 0.1) is 12.1 Å². The van der Waals surface area contributed by atoms with Crippen molar-refractivity contribution in [3.05, 3.63) is 22.4 Å². The van der Waals surface area contributed by atoms with Gasteiger partial charge in [-0.2, -0.15) is 0 Å². The van der Waals surface area contributed by atoms with E-state index in [4.69, 9.17) is 5.73 Å². The fourth-order valence-electron chi connectivity index (χ4n) is 3.02. The summed E-state index contributed by atoms with van der Waals surface area (Å²) < 4.78 is 0. The smallest absolute Gasteiger partial charge is 0.242 e. The number of nitrogens with two attached hydrogens (primary N) is 1. The number of hydrogen-bond donors (Lipinski definition) is 1. The second-order valence-electron chi connectivity index (χ2n) is 5.76. The maximum absolute atomic E-state index is 12.7. The van der Waals surface area contributed by atoms with Gasteiger partial charge in [-0.3, -0.25) is 4.79 Å². The highest BCUT2D eigenvalue weighted by Gasteiger charge is 2.40. The van der Waals surface area contributed by atoms with E-state index < -0.39 is 5.54 Å². The highest BCUT2D eigenvalue weighted by atomic mass is 32.1. The van der Waals surface area contributed by atoms with Crippen molar-refractivity contribution in [2.45, 2.75) is 51.6 Å². The number of carbonyl (C=O) groups is 1. The van der Waals surface area contributed by atoms with Crippen molar-refractivity contribution < 1.29 is 4.79 Å². The van der Waals surface area contributed by atoms with Crippen molar-refractivity contribution in [3.63, 3.8) is 0 Å². The standard InChI is InChI=1S/C15H24N2OS/c1-3-17(11-13-7-5-9-19-13)14(18)15(16)8-4-6-12(2)10-15/h5,7,9,12H,3-4,6,8,10-11,16H2,1-2H3. The number of nitrogens with zero attached hydrogens (tertiary/aromatic N) is 1. The molecule has 2 atom stereocenters. The zero-order valence-corrected chi connectivity index (χ0v) is 12.7. The van der Waals surface area contributed by atoms with Gasteiger partial charge in [-0.1, -0.05) is 25.8 Å². The minimum Gasteiger partial charge on any atom is -0.336 e. The fraction of sp³-hybridized carbons (Fsp3) is 0.667. The Balaban J connectivity index is 2.07. The number of amides is 1. The van der Waals surface area contributed by atoms with E-state index in [1.54, 1.807) is 11.3 Å². The summed E-state index contributed by atoms with van der Waals surface area (Å²) >= 11 is 1.70. The van der Waals surface area contributed by atoms with E-state index in [-0.39, 0.29) is 5.91 Å². The minimum absolute atomic E-state index is 0.134. The first kappa shape index (κ1) is 14.5. The van der Waals surface area contributed by atoms with Crippen LogP contribution in [0.1, 0.15) is 44.4 Å². The van der Waals surface area contributed by atoms with Crippen molar-refractivity contribution >= 4 is 17.2 Å². The topological polar surface area (TPSA) is 46.3 Å². The first-order valence-corrected chi connectivity index (χ1v) is 8.04. The van der Waals surface area contributed by atoms with Crippen LogP contribution < -0.4 is 5.73 Å². The molecule has 3 nitrogen and oxygen atoms in total. The Kier molecular flexibility index (Phi) is 4.63. The molecule has 1 aliphatic rings. The Morgan fingerprint density at radius 2 is 2.42 bits per heavy atom. The lowest BCUT2D eigenvalue weighted by Gasteiger charge is -2.38. The van der Waals surface area contributed by atoms with Gasteiger partial charge >= 0.3 is 0 Å². The number of thiophene rings is 1. The summed E-state index contributed by atoms with van der Waals surface area (Å²) in [5, 5.41) is 2.05. The second-order valence-corrected chi connectivity index (χ2v) is 6.79. The van der Waals surface area contributed by atoms with Crippen molar-refractivity contribution in [1.82, 2.24) is 4.90 Å². The molecule has 2 N–H and O–H groups in total. The van der Waals surface area contributed by atoms with Crippen LogP contribution in [0.15, 0.2) is 17.5 Å². The van der Waals surface area contributed by atoms with Crippen LogP contribution in [0, 0.1) is 5.92 Å². The van der Waals surface area contributed by atoms with Gasteiger partial charge in [-0.25, -0.2) is 0 Å². The average Bonchev–Trinajstić information content (AvgIpc) is 2.87. The molecule has 1 saturated carbocycles. The quantitative estimate of drug-likeness (QED) is 0.921. The highest BCUT2D eigenvalue weighted by molar-refractivity contribution is 7.09. The molecule has 1 aliphatic carbocycles. The van der Waals surface area contributed by atoms with Gasteiger partial charge < -0.3 is 10.6 Å². The van der Waals surface area contributed by atoms with Crippen LogP contribution >= 0.6 is 11.3 Å². The van der Waals surface area contributed by atoms with E-state index in [0.717, 1.165) is 25.8 Å². The number of likely N-dealkylation sites (N-methyl/N-ethyl adjacent to an activating group) is 1. The van der Waals surface area contributed by atoms with Crippen LogP contribution in [0.2, 0.25) is 0 Å². The van der Waals surface area contributed by atoms with Gasteiger partial charge in [-0.05, 0) is 37.1 Å². The van der Waals surface area contributed by atoms with Crippen LogP contribution in [0.25, 0.3) is 0 Å².